The van der Waals surface area contributed by atoms with E-state index in [0.717, 1.165) is 28.4 Å². The highest BCUT2D eigenvalue weighted by atomic mass is 32.1. The summed E-state index contributed by atoms with van der Waals surface area (Å²) in [6.07, 6.45) is 0. The molecule has 3 nitrogen and oxygen atoms in total. The van der Waals surface area contributed by atoms with Crippen LogP contribution in [-0.2, 0) is 5.41 Å². The second-order valence-electron chi connectivity index (χ2n) is 15.8. The minimum atomic E-state index is -0.0231. The summed E-state index contributed by atoms with van der Waals surface area (Å²) in [5.74, 6) is 0. The number of benzene rings is 8. The van der Waals surface area contributed by atoms with E-state index in [-0.39, 0.29) is 5.41 Å². The number of thiophene rings is 1. The second kappa shape index (κ2) is 12.5. The van der Waals surface area contributed by atoms with Crippen LogP contribution in [0.25, 0.3) is 58.3 Å². The van der Waals surface area contributed by atoms with Gasteiger partial charge in [0.1, 0.15) is 0 Å². The Hall–Kier alpha value is -6.62. The zero-order chi connectivity index (χ0) is 37.5. The summed E-state index contributed by atoms with van der Waals surface area (Å²) in [5.41, 5.74) is 12.0. The predicted octanol–water partition coefficient (Wildman–Crippen LogP) is 15.4. The summed E-state index contributed by atoms with van der Waals surface area (Å²) < 4.78 is 5.22. The van der Waals surface area contributed by atoms with Gasteiger partial charge in [-0.05, 0) is 101 Å². The molecule has 0 N–H and O–H groups in total. The predicted molar refractivity (Wildman–Crippen MR) is 242 cm³/mol. The molecule has 0 aliphatic heterocycles. The summed E-state index contributed by atoms with van der Waals surface area (Å²) in [7, 11) is 0. The molecule has 0 saturated heterocycles. The molecule has 0 amide bonds. The first-order chi connectivity index (χ1) is 27.4. The summed E-state index contributed by atoms with van der Waals surface area (Å²) in [4.78, 5) is 4.78. The van der Waals surface area contributed by atoms with Gasteiger partial charge in [-0.25, -0.2) is 0 Å². The van der Waals surface area contributed by atoms with Crippen LogP contribution in [0.1, 0.15) is 26.3 Å². The zero-order valence-corrected chi connectivity index (χ0v) is 32.4. The van der Waals surface area contributed by atoms with E-state index >= 15 is 0 Å². The first-order valence-electron chi connectivity index (χ1n) is 19.4. The number of para-hydroxylation sites is 4. The number of fused-ring (bicyclic) bond motifs is 10. The maximum Gasteiger partial charge on any atom is 0.0728 e. The molecule has 8 aromatic carbocycles. The minimum Gasteiger partial charge on any atom is -0.310 e. The van der Waals surface area contributed by atoms with Gasteiger partial charge in [-0.15, -0.1) is 11.3 Å². The highest BCUT2D eigenvalue weighted by Gasteiger charge is 2.28. The van der Waals surface area contributed by atoms with Gasteiger partial charge in [0.15, 0.2) is 0 Å². The van der Waals surface area contributed by atoms with Crippen LogP contribution in [0.3, 0.4) is 0 Å². The number of anilines is 6. The third-order valence-electron chi connectivity index (χ3n) is 11.4. The van der Waals surface area contributed by atoms with Crippen molar-refractivity contribution in [2.45, 2.75) is 26.2 Å². The third-order valence-corrected chi connectivity index (χ3v) is 12.6. The number of hydrogen-bond acceptors (Lipinski definition) is 3. The Morgan fingerprint density at radius 1 is 0.429 bits per heavy atom. The molecule has 0 spiro atoms. The SMILES string of the molecule is CC(C)(C)c1cc2c3sc4cc(N(c5ccccc5)c5ccccc5)ccc4c3n3c4cc(N(c5ccccc5)c5ccccc5)c5ccccc5c4c(c1)c23. The van der Waals surface area contributed by atoms with Gasteiger partial charge in [-0.1, -0.05) is 118 Å². The monoisotopic (exact) mass is 737 g/mol. The molecule has 56 heavy (non-hydrogen) atoms. The van der Waals surface area contributed by atoms with E-state index < -0.39 is 0 Å². The number of rotatable bonds is 6. The van der Waals surface area contributed by atoms with E-state index in [9.17, 15) is 0 Å². The highest BCUT2D eigenvalue weighted by molar-refractivity contribution is 7.26. The van der Waals surface area contributed by atoms with E-state index in [0.29, 0.717) is 0 Å². The van der Waals surface area contributed by atoms with E-state index in [1.54, 1.807) is 0 Å². The Balaban J connectivity index is 1.26. The van der Waals surface area contributed by atoms with Gasteiger partial charge in [0.2, 0.25) is 0 Å². The fraction of sp³-hybridized carbons (Fsp3) is 0.0769. The molecule has 3 heterocycles. The van der Waals surface area contributed by atoms with E-state index in [4.69, 9.17) is 0 Å². The largest absolute Gasteiger partial charge is 0.310 e. The van der Waals surface area contributed by atoms with Gasteiger partial charge < -0.3 is 14.2 Å². The fourth-order valence-corrected chi connectivity index (χ4v) is 10.0. The van der Waals surface area contributed by atoms with Crippen molar-refractivity contribution in [1.29, 1.82) is 0 Å². The van der Waals surface area contributed by atoms with Gasteiger partial charge in [-0.3, -0.25) is 0 Å². The number of hydrogen-bond donors (Lipinski definition) is 0. The summed E-state index contributed by atoms with van der Waals surface area (Å²) in [6.45, 7) is 7.01. The standard InChI is InChI=1S/C52H39N3S/c1-52(2,3)34-30-43-48-41-27-17-16-26-40(41)45(54(37-22-12-6-13-23-37)38-24-14-7-15-25-38)33-46(48)55-49(43)44(31-34)51-50(55)42-29-28-39(32-47(42)56-51)53(35-18-8-4-9-19-35)36-20-10-5-11-21-36/h4-33H,1-3H3. The molecule has 4 heteroatoms. The lowest BCUT2D eigenvalue weighted by atomic mass is 9.85. The maximum absolute atomic E-state index is 2.59. The second-order valence-corrected chi connectivity index (χ2v) is 16.9. The van der Waals surface area contributed by atoms with E-state index in [1.165, 1.54) is 69.5 Å². The Morgan fingerprint density at radius 3 is 1.52 bits per heavy atom. The first-order valence-corrected chi connectivity index (χ1v) is 20.2. The van der Waals surface area contributed by atoms with Crippen LogP contribution in [0, 0.1) is 0 Å². The molecule has 0 bridgehead atoms. The molecule has 0 aliphatic rings. The lowest BCUT2D eigenvalue weighted by molar-refractivity contribution is 0.592. The average Bonchev–Trinajstić information content (AvgIpc) is 3.88. The number of aromatic nitrogens is 1. The van der Waals surface area contributed by atoms with Crippen molar-refractivity contribution >= 4 is 104 Å². The van der Waals surface area contributed by atoms with Crippen molar-refractivity contribution in [3.63, 3.8) is 0 Å². The van der Waals surface area contributed by atoms with Gasteiger partial charge in [0.05, 0.1) is 26.9 Å². The molecule has 0 atom stereocenters. The van der Waals surface area contributed by atoms with Crippen molar-refractivity contribution in [2.24, 2.45) is 0 Å². The van der Waals surface area contributed by atoms with Crippen molar-refractivity contribution < 1.29 is 0 Å². The molecule has 0 saturated carbocycles. The molecule has 3 aromatic heterocycles. The quantitative estimate of drug-likeness (QED) is 0.168. The Bertz CT molecular complexity index is 3130. The van der Waals surface area contributed by atoms with Crippen molar-refractivity contribution in [2.75, 3.05) is 9.80 Å². The van der Waals surface area contributed by atoms with Crippen LogP contribution in [-0.4, -0.2) is 4.40 Å². The van der Waals surface area contributed by atoms with Crippen LogP contribution in [0.5, 0.6) is 0 Å². The van der Waals surface area contributed by atoms with Crippen LogP contribution in [0.2, 0.25) is 0 Å². The van der Waals surface area contributed by atoms with E-state index in [2.05, 4.69) is 217 Å². The van der Waals surface area contributed by atoms with Gasteiger partial charge in [0, 0.05) is 60.1 Å². The smallest absolute Gasteiger partial charge is 0.0728 e. The van der Waals surface area contributed by atoms with Gasteiger partial charge >= 0.3 is 0 Å². The topological polar surface area (TPSA) is 10.9 Å². The molecule has 11 aromatic rings. The summed E-state index contributed by atoms with van der Waals surface area (Å²) >= 11 is 1.92. The summed E-state index contributed by atoms with van der Waals surface area (Å²) in [6, 6.07) is 66.4. The Morgan fingerprint density at radius 2 is 0.946 bits per heavy atom. The lowest BCUT2D eigenvalue weighted by Gasteiger charge is -2.27. The minimum absolute atomic E-state index is 0.0231. The lowest BCUT2D eigenvalue weighted by Crippen LogP contribution is -2.10. The van der Waals surface area contributed by atoms with Crippen LogP contribution in [0.4, 0.5) is 34.1 Å². The van der Waals surface area contributed by atoms with Gasteiger partial charge in [-0.2, -0.15) is 0 Å². The third kappa shape index (κ3) is 4.96. The molecule has 0 aliphatic carbocycles. The molecule has 11 rings (SSSR count). The molecule has 0 fully saturated rings. The maximum atomic E-state index is 2.59. The summed E-state index contributed by atoms with van der Waals surface area (Å²) in [5, 5.41) is 7.75. The molecule has 0 radical (unpaired) electrons. The van der Waals surface area contributed by atoms with Crippen molar-refractivity contribution in [3.8, 4) is 0 Å². The van der Waals surface area contributed by atoms with E-state index in [1.807, 2.05) is 11.3 Å². The average molecular weight is 738 g/mol. The molecule has 0 unspecified atom stereocenters. The van der Waals surface area contributed by atoms with Crippen LogP contribution >= 0.6 is 11.3 Å². The molecular formula is C52H39N3S. The van der Waals surface area contributed by atoms with Crippen molar-refractivity contribution in [1.82, 2.24) is 4.40 Å². The van der Waals surface area contributed by atoms with Crippen molar-refractivity contribution in [3.05, 3.63) is 188 Å². The Kier molecular flexibility index (Phi) is 7.29. The first kappa shape index (κ1) is 32.8. The normalized spacial score (nSPS) is 12.2. The van der Waals surface area contributed by atoms with Crippen LogP contribution in [0.15, 0.2) is 182 Å². The Labute approximate surface area is 330 Å². The fourth-order valence-electron chi connectivity index (χ4n) is 8.81. The molecule has 268 valence electrons. The van der Waals surface area contributed by atoms with Crippen LogP contribution < -0.4 is 9.80 Å². The number of nitrogens with zero attached hydrogens (tertiary/aromatic N) is 3. The zero-order valence-electron chi connectivity index (χ0n) is 31.6. The highest BCUT2D eigenvalue weighted by Crippen LogP contribution is 2.51. The molecular weight excluding hydrogens is 699 g/mol. The van der Waals surface area contributed by atoms with Gasteiger partial charge in [0.25, 0.3) is 0 Å².